The molecule has 1 unspecified atom stereocenters. The first-order chi connectivity index (χ1) is 12.7. The van der Waals surface area contributed by atoms with Crippen molar-refractivity contribution in [2.45, 2.75) is 32.1 Å². The molecule has 4 rings (SSSR count). The highest BCUT2D eigenvalue weighted by Crippen LogP contribution is 2.40. The maximum atomic E-state index is 13.8. The van der Waals surface area contributed by atoms with Gasteiger partial charge in [0.25, 0.3) is 0 Å². The number of rotatable bonds is 6. The summed E-state index contributed by atoms with van der Waals surface area (Å²) >= 11 is 0. The van der Waals surface area contributed by atoms with E-state index < -0.39 is 5.92 Å². The number of benzene rings is 1. The molecule has 0 saturated carbocycles. The zero-order valence-corrected chi connectivity index (χ0v) is 14.6. The molecule has 1 amide bonds. The maximum Gasteiger partial charge on any atom is 0.238 e. The summed E-state index contributed by atoms with van der Waals surface area (Å²) in [6.07, 6.45) is 2.71. The molecule has 2 heterocycles. The molecule has 0 fully saturated rings. The molecule has 0 bridgehead atoms. The van der Waals surface area contributed by atoms with Crippen LogP contribution in [0.1, 0.15) is 41.8 Å². The lowest BCUT2D eigenvalue weighted by molar-refractivity contribution is -0.116. The van der Waals surface area contributed by atoms with E-state index in [1.165, 1.54) is 12.1 Å². The van der Waals surface area contributed by atoms with E-state index >= 15 is 0 Å². The SMILES string of the molecule is CCOCCNc1nc2c(c(C3C(=O)Nc4ccc(F)cc43)n1)CCC2. The molecule has 1 aliphatic heterocycles. The minimum absolute atomic E-state index is 0.168. The number of fused-ring (bicyclic) bond motifs is 2. The largest absolute Gasteiger partial charge is 0.380 e. The van der Waals surface area contributed by atoms with Gasteiger partial charge in [-0.1, -0.05) is 0 Å². The van der Waals surface area contributed by atoms with Crippen LogP contribution in [0.15, 0.2) is 18.2 Å². The molecule has 2 N–H and O–H groups in total. The van der Waals surface area contributed by atoms with Gasteiger partial charge in [-0.2, -0.15) is 0 Å². The normalized spacial score (nSPS) is 17.8. The van der Waals surface area contributed by atoms with Crippen LogP contribution in [0, 0.1) is 5.82 Å². The Labute approximate surface area is 151 Å². The zero-order valence-electron chi connectivity index (χ0n) is 14.6. The predicted octanol–water partition coefficient (Wildman–Crippen LogP) is 2.64. The third kappa shape index (κ3) is 3.03. The van der Waals surface area contributed by atoms with Gasteiger partial charge in [0, 0.05) is 24.5 Å². The zero-order chi connectivity index (χ0) is 18.1. The van der Waals surface area contributed by atoms with Crippen molar-refractivity contribution < 1.29 is 13.9 Å². The van der Waals surface area contributed by atoms with Crippen molar-refractivity contribution in [1.82, 2.24) is 9.97 Å². The van der Waals surface area contributed by atoms with Gasteiger partial charge in [-0.3, -0.25) is 4.79 Å². The Kier molecular flexibility index (Phi) is 4.55. The number of hydrogen-bond acceptors (Lipinski definition) is 5. The number of carbonyl (C=O) groups is 1. The first-order valence-corrected chi connectivity index (χ1v) is 8.99. The monoisotopic (exact) mass is 356 g/mol. The summed E-state index contributed by atoms with van der Waals surface area (Å²) in [6, 6.07) is 4.38. The highest BCUT2D eigenvalue weighted by molar-refractivity contribution is 6.05. The highest BCUT2D eigenvalue weighted by atomic mass is 19.1. The van der Waals surface area contributed by atoms with Gasteiger partial charge in [-0.05, 0) is 55.5 Å². The smallest absolute Gasteiger partial charge is 0.238 e. The summed E-state index contributed by atoms with van der Waals surface area (Å²) in [7, 11) is 0. The van der Waals surface area contributed by atoms with Gasteiger partial charge < -0.3 is 15.4 Å². The number of amides is 1. The van der Waals surface area contributed by atoms with E-state index in [2.05, 4.69) is 20.6 Å². The molecule has 0 spiro atoms. The van der Waals surface area contributed by atoms with Crippen molar-refractivity contribution in [3.63, 3.8) is 0 Å². The second-order valence-corrected chi connectivity index (χ2v) is 6.49. The van der Waals surface area contributed by atoms with Crippen LogP contribution in [-0.4, -0.2) is 35.6 Å². The third-order valence-electron chi connectivity index (χ3n) is 4.82. The lowest BCUT2D eigenvalue weighted by Gasteiger charge is -2.15. The number of anilines is 2. The average Bonchev–Trinajstić information content (AvgIpc) is 3.21. The van der Waals surface area contributed by atoms with Crippen LogP contribution < -0.4 is 10.6 Å². The first kappa shape index (κ1) is 16.9. The Morgan fingerprint density at radius 3 is 3.08 bits per heavy atom. The van der Waals surface area contributed by atoms with Crippen molar-refractivity contribution in [3.8, 4) is 0 Å². The number of nitrogens with one attached hydrogen (secondary N) is 2. The molecule has 26 heavy (non-hydrogen) atoms. The molecule has 2 aromatic rings. The molecular formula is C19H21FN4O2. The van der Waals surface area contributed by atoms with Crippen LogP contribution in [0.3, 0.4) is 0 Å². The summed E-state index contributed by atoms with van der Waals surface area (Å²) in [6.45, 7) is 3.75. The van der Waals surface area contributed by atoms with Crippen molar-refractivity contribution in [3.05, 3.63) is 46.5 Å². The molecule has 2 aliphatic rings. The van der Waals surface area contributed by atoms with Gasteiger partial charge in [0.2, 0.25) is 11.9 Å². The molecule has 1 aromatic heterocycles. The summed E-state index contributed by atoms with van der Waals surface area (Å²) in [5.74, 6) is -0.620. The second kappa shape index (κ2) is 6.99. The Hall–Kier alpha value is -2.54. The quantitative estimate of drug-likeness (QED) is 0.778. The van der Waals surface area contributed by atoms with Crippen LogP contribution in [0.2, 0.25) is 0 Å². The number of ether oxygens (including phenoxy) is 1. The molecule has 136 valence electrons. The number of carbonyl (C=O) groups excluding carboxylic acids is 1. The van der Waals surface area contributed by atoms with Gasteiger partial charge in [-0.25, -0.2) is 14.4 Å². The topological polar surface area (TPSA) is 76.1 Å². The van der Waals surface area contributed by atoms with Crippen LogP contribution in [0.25, 0.3) is 0 Å². The number of aryl methyl sites for hydroxylation is 1. The van der Waals surface area contributed by atoms with Crippen molar-refractivity contribution in [1.29, 1.82) is 0 Å². The lowest BCUT2D eigenvalue weighted by Crippen LogP contribution is -2.19. The van der Waals surface area contributed by atoms with Crippen molar-refractivity contribution in [2.24, 2.45) is 0 Å². The summed E-state index contributed by atoms with van der Waals surface area (Å²) < 4.78 is 19.1. The van der Waals surface area contributed by atoms with Gasteiger partial charge >= 0.3 is 0 Å². The van der Waals surface area contributed by atoms with Crippen LogP contribution in [0.5, 0.6) is 0 Å². The van der Waals surface area contributed by atoms with Gasteiger partial charge in [0.1, 0.15) is 11.7 Å². The van der Waals surface area contributed by atoms with E-state index in [-0.39, 0.29) is 11.7 Å². The third-order valence-corrected chi connectivity index (χ3v) is 4.82. The van der Waals surface area contributed by atoms with E-state index in [1.54, 1.807) is 6.07 Å². The van der Waals surface area contributed by atoms with E-state index in [9.17, 15) is 9.18 Å². The summed E-state index contributed by atoms with van der Waals surface area (Å²) in [4.78, 5) is 21.9. The lowest BCUT2D eigenvalue weighted by atomic mass is 9.93. The standard InChI is InChI=1S/C19H21FN4O2/c1-2-26-9-8-21-19-23-14-5-3-4-12(14)17(24-19)16-13-10-11(20)6-7-15(13)22-18(16)25/h6-7,10,16H,2-5,8-9H2,1H3,(H,22,25)(H,21,23,24). The van der Waals surface area contributed by atoms with E-state index in [0.717, 1.165) is 30.5 Å². The van der Waals surface area contributed by atoms with E-state index in [1.807, 2.05) is 6.92 Å². The van der Waals surface area contributed by atoms with Crippen molar-refractivity contribution >= 4 is 17.5 Å². The summed E-state index contributed by atoms with van der Waals surface area (Å²) in [5, 5.41) is 6.01. The van der Waals surface area contributed by atoms with Gasteiger partial charge in [0.05, 0.1) is 12.3 Å². The molecule has 1 atom stereocenters. The first-order valence-electron chi connectivity index (χ1n) is 8.99. The Bertz CT molecular complexity index is 856. The Balaban J connectivity index is 1.71. The Morgan fingerprint density at radius 2 is 2.23 bits per heavy atom. The molecular weight excluding hydrogens is 335 g/mol. The minimum Gasteiger partial charge on any atom is -0.380 e. The second-order valence-electron chi connectivity index (χ2n) is 6.49. The van der Waals surface area contributed by atoms with Gasteiger partial charge in [-0.15, -0.1) is 0 Å². The number of nitrogens with zero attached hydrogens (tertiary/aromatic N) is 2. The Morgan fingerprint density at radius 1 is 1.35 bits per heavy atom. The predicted molar refractivity (Wildman–Crippen MR) is 95.9 cm³/mol. The van der Waals surface area contributed by atoms with E-state index in [4.69, 9.17) is 4.74 Å². The molecule has 6 nitrogen and oxygen atoms in total. The maximum absolute atomic E-state index is 13.8. The highest BCUT2D eigenvalue weighted by Gasteiger charge is 2.37. The van der Waals surface area contributed by atoms with Crippen LogP contribution in [-0.2, 0) is 22.4 Å². The van der Waals surface area contributed by atoms with Gasteiger partial charge in [0.15, 0.2) is 0 Å². The molecule has 0 radical (unpaired) electrons. The van der Waals surface area contributed by atoms with Crippen LogP contribution >= 0.6 is 0 Å². The minimum atomic E-state index is -0.594. The molecule has 1 aliphatic carbocycles. The molecule has 1 aromatic carbocycles. The number of hydrogen-bond donors (Lipinski definition) is 2. The fourth-order valence-corrected chi connectivity index (χ4v) is 3.66. The average molecular weight is 356 g/mol. The van der Waals surface area contributed by atoms with Crippen molar-refractivity contribution in [2.75, 3.05) is 30.4 Å². The number of aromatic nitrogens is 2. The van der Waals surface area contributed by atoms with E-state index in [0.29, 0.717) is 42.7 Å². The fourth-order valence-electron chi connectivity index (χ4n) is 3.66. The van der Waals surface area contributed by atoms with Crippen LogP contribution in [0.4, 0.5) is 16.0 Å². The fraction of sp³-hybridized carbons (Fsp3) is 0.421. The molecule has 0 saturated heterocycles. The summed E-state index contributed by atoms with van der Waals surface area (Å²) in [5.41, 5.74) is 3.98. The number of halogens is 1. The molecule has 7 heteroatoms.